The maximum atomic E-state index is 14.3. The SMILES string of the molecule is CCCC.Cc1cccc(F)c1Cl.Oc1ccc(C2(c3ccccc3F)CCCCC2)cc1.Oc1ccc(C2(c3ccccc3O)CCCCC2)cc1. The number of aromatic hydroxyl groups is 3. The molecule has 0 heterocycles. The third-order valence-corrected chi connectivity index (χ3v) is 11.2. The molecule has 0 radical (unpaired) electrons. The van der Waals surface area contributed by atoms with E-state index in [9.17, 15) is 24.1 Å². The molecule has 0 bridgehead atoms. The van der Waals surface area contributed by atoms with Crippen LogP contribution in [0.15, 0.2) is 115 Å². The molecule has 0 unspecified atom stereocenters. The minimum absolute atomic E-state index is 0.114. The van der Waals surface area contributed by atoms with Crippen molar-refractivity contribution < 1.29 is 24.1 Å². The smallest absolute Gasteiger partial charge is 0.142 e. The maximum absolute atomic E-state index is 14.3. The van der Waals surface area contributed by atoms with Crippen molar-refractivity contribution in [3.63, 3.8) is 0 Å². The molecule has 2 aliphatic rings. The zero-order valence-corrected chi connectivity index (χ0v) is 32.2. The molecule has 0 spiro atoms. The van der Waals surface area contributed by atoms with Gasteiger partial charge in [-0.15, -0.1) is 0 Å². The molecule has 6 heteroatoms. The summed E-state index contributed by atoms with van der Waals surface area (Å²) in [6.45, 7) is 6.13. The molecular formula is C47H55ClF2O3. The Labute approximate surface area is 320 Å². The van der Waals surface area contributed by atoms with E-state index in [4.69, 9.17) is 11.6 Å². The van der Waals surface area contributed by atoms with Crippen LogP contribution in [0.2, 0.25) is 5.02 Å². The second-order valence-corrected chi connectivity index (χ2v) is 14.6. The quantitative estimate of drug-likeness (QED) is 0.168. The largest absolute Gasteiger partial charge is 0.508 e. The van der Waals surface area contributed by atoms with Gasteiger partial charge in [-0.1, -0.05) is 150 Å². The number of aryl methyl sites for hydroxylation is 1. The summed E-state index contributed by atoms with van der Waals surface area (Å²) < 4.78 is 26.8. The van der Waals surface area contributed by atoms with Crippen LogP contribution in [-0.2, 0) is 10.8 Å². The van der Waals surface area contributed by atoms with Gasteiger partial charge in [0.1, 0.15) is 28.9 Å². The molecule has 3 nitrogen and oxygen atoms in total. The predicted molar refractivity (Wildman–Crippen MR) is 215 cm³/mol. The molecule has 0 aromatic heterocycles. The van der Waals surface area contributed by atoms with Crippen molar-refractivity contribution in [1.29, 1.82) is 0 Å². The topological polar surface area (TPSA) is 60.7 Å². The molecule has 2 aliphatic carbocycles. The van der Waals surface area contributed by atoms with Crippen molar-refractivity contribution in [3.05, 3.63) is 160 Å². The number of phenolic OH excluding ortho intramolecular Hbond substituents is 3. The summed E-state index contributed by atoms with van der Waals surface area (Å²) in [4.78, 5) is 0. The van der Waals surface area contributed by atoms with Crippen molar-refractivity contribution in [2.45, 2.75) is 109 Å². The van der Waals surface area contributed by atoms with Crippen LogP contribution in [0.4, 0.5) is 8.78 Å². The van der Waals surface area contributed by atoms with Gasteiger partial charge in [0.2, 0.25) is 0 Å². The summed E-state index contributed by atoms with van der Waals surface area (Å²) in [5, 5.41) is 29.5. The number of hydrogen-bond acceptors (Lipinski definition) is 3. The Kier molecular flexibility index (Phi) is 15.8. The van der Waals surface area contributed by atoms with Crippen molar-refractivity contribution >= 4 is 11.6 Å². The summed E-state index contributed by atoms with van der Waals surface area (Å²) >= 11 is 5.50. The highest BCUT2D eigenvalue weighted by molar-refractivity contribution is 6.31. The Balaban J connectivity index is 0.000000179. The number of rotatable bonds is 5. The molecule has 0 saturated heterocycles. The number of benzene rings is 5. The predicted octanol–water partition coefficient (Wildman–Crippen LogP) is 13.7. The minimum Gasteiger partial charge on any atom is -0.508 e. The van der Waals surface area contributed by atoms with E-state index < -0.39 is 0 Å². The molecule has 5 aromatic rings. The van der Waals surface area contributed by atoms with E-state index in [0.29, 0.717) is 5.75 Å². The van der Waals surface area contributed by atoms with E-state index in [-0.39, 0.29) is 39.0 Å². The summed E-state index contributed by atoms with van der Waals surface area (Å²) in [5.74, 6) is 0.451. The Bertz CT molecular complexity index is 1700. The normalized spacial score (nSPS) is 15.7. The molecule has 0 aliphatic heterocycles. The summed E-state index contributed by atoms with van der Waals surface area (Å²) in [7, 11) is 0. The Morgan fingerprint density at radius 3 is 1.34 bits per heavy atom. The Morgan fingerprint density at radius 2 is 0.925 bits per heavy atom. The van der Waals surface area contributed by atoms with E-state index in [1.165, 1.54) is 50.2 Å². The average molecular weight is 741 g/mol. The molecule has 0 atom stereocenters. The van der Waals surface area contributed by atoms with Crippen LogP contribution in [-0.4, -0.2) is 15.3 Å². The van der Waals surface area contributed by atoms with Gasteiger partial charge in [-0.3, -0.25) is 0 Å². The zero-order chi connectivity index (χ0) is 38.3. The molecule has 7 rings (SSSR count). The van der Waals surface area contributed by atoms with Crippen molar-refractivity contribution in [3.8, 4) is 17.2 Å². The standard InChI is InChI=1S/C18H19FO.C18H20O2.C7H6ClF.C4H10/c19-17-7-3-2-6-16(17)18(12-4-1-5-13-18)14-8-10-15(20)11-9-14;19-15-10-8-14(9-11-15)18(12-4-1-5-13-18)16-6-2-3-7-17(16)20;1-5-3-2-4-6(9)7(5)8;1-3-4-2/h2-3,6-11,20H,1,4-5,12-13H2;2-3,6-11,19-20H,1,4-5,12-13H2;2-4H,1H3;3-4H2,1-2H3. The maximum Gasteiger partial charge on any atom is 0.142 e. The van der Waals surface area contributed by atoms with E-state index in [2.05, 4.69) is 13.8 Å². The average Bonchev–Trinajstić information content (AvgIpc) is 3.19. The molecule has 2 saturated carbocycles. The fraction of sp³-hybridized carbons (Fsp3) is 0.362. The highest BCUT2D eigenvalue weighted by atomic mass is 35.5. The van der Waals surface area contributed by atoms with Gasteiger partial charge in [0, 0.05) is 16.4 Å². The summed E-state index contributed by atoms with van der Waals surface area (Å²) in [5.41, 5.74) is 4.54. The molecular weight excluding hydrogens is 686 g/mol. The van der Waals surface area contributed by atoms with Gasteiger partial charge in [-0.05, 0) is 97.3 Å². The van der Waals surface area contributed by atoms with Gasteiger partial charge in [0.05, 0.1) is 5.02 Å². The molecule has 3 N–H and O–H groups in total. The monoisotopic (exact) mass is 740 g/mol. The van der Waals surface area contributed by atoms with Crippen molar-refractivity contribution in [1.82, 2.24) is 0 Å². The number of phenols is 3. The first-order chi connectivity index (χ1) is 25.6. The van der Waals surface area contributed by atoms with E-state index in [0.717, 1.165) is 60.8 Å². The third kappa shape index (κ3) is 10.6. The lowest BCUT2D eigenvalue weighted by Gasteiger charge is -2.39. The fourth-order valence-corrected chi connectivity index (χ4v) is 7.76. The second kappa shape index (κ2) is 20.2. The lowest BCUT2D eigenvalue weighted by molar-refractivity contribution is 0.332. The van der Waals surface area contributed by atoms with Crippen molar-refractivity contribution in [2.75, 3.05) is 0 Å². The second-order valence-electron chi connectivity index (χ2n) is 14.2. The molecule has 0 amide bonds. The van der Waals surface area contributed by atoms with Crippen molar-refractivity contribution in [2.24, 2.45) is 0 Å². The first-order valence-corrected chi connectivity index (χ1v) is 19.5. The lowest BCUT2D eigenvalue weighted by Crippen LogP contribution is -2.31. The number of unbranched alkanes of at least 4 members (excludes halogenated alkanes) is 1. The number of para-hydroxylation sites is 1. The number of hydrogen-bond donors (Lipinski definition) is 3. The van der Waals surface area contributed by atoms with Crippen LogP contribution < -0.4 is 0 Å². The number of halogens is 3. The van der Waals surface area contributed by atoms with Crippen LogP contribution in [0.1, 0.15) is 119 Å². The van der Waals surface area contributed by atoms with E-state index >= 15 is 0 Å². The summed E-state index contributed by atoms with van der Waals surface area (Å²) in [6, 6.07) is 34.3. The first-order valence-electron chi connectivity index (χ1n) is 19.1. The van der Waals surface area contributed by atoms with E-state index in [1.807, 2.05) is 54.6 Å². The van der Waals surface area contributed by atoms with Gasteiger partial charge in [-0.2, -0.15) is 0 Å². The fourth-order valence-electron chi connectivity index (χ4n) is 7.64. The molecule has 53 heavy (non-hydrogen) atoms. The third-order valence-electron chi connectivity index (χ3n) is 10.7. The van der Waals surface area contributed by atoms with Crippen LogP contribution in [0.3, 0.4) is 0 Å². The van der Waals surface area contributed by atoms with E-state index in [1.54, 1.807) is 61.5 Å². The molecule has 2 fully saturated rings. The molecule has 282 valence electrons. The van der Waals surface area contributed by atoms with Crippen LogP contribution in [0.5, 0.6) is 17.2 Å². The molecule has 5 aromatic carbocycles. The van der Waals surface area contributed by atoms with Gasteiger partial charge in [-0.25, -0.2) is 8.78 Å². The van der Waals surface area contributed by atoms with Crippen LogP contribution >= 0.6 is 11.6 Å². The van der Waals surface area contributed by atoms with Gasteiger partial charge in [0.15, 0.2) is 0 Å². The first kappa shape index (κ1) is 41.4. The van der Waals surface area contributed by atoms with Crippen LogP contribution in [0, 0.1) is 18.6 Å². The van der Waals surface area contributed by atoms with Gasteiger partial charge >= 0.3 is 0 Å². The van der Waals surface area contributed by atoms with Crippen LogP contribution in [0.25, 0.3) is 0 Å². The Morgan fingerprint density at radius 1 is 0.509 bits per heavy atom. The summed E-state index contributed by atoms with van der Waals surface area (Å²) in [6.07, 6.45) is 13.7. The minimum atomic E-state index is -0.350. The lowest BCUT2D eigenvalue weighted by atomic mass is 9.65. The Hall–Kier alpha value is -4.35. The van der Waals surface area contributed by atoms with Gasteiger partial charge in [0.25, 0.3) is 0 Å². The van der Waals surface area contributed by atoms with Gasteiger partial charge < -0.3 is 15.3 Å². The zero-order valence-electron chi connectivity index (χ0n) is 31.4. The highest BCUT2D eigenvalue weighted by Crippen LogP contribution is 2.48. The highest BCUT2D eigenvalue weighted by Gasteiger charge is 2.38.